The summed E-state index contributed by atoms with van der Waals surface area (Å²) in [5.74, 6) is 3.12. The van der Waals surface area contributed by atoms with Crippen molar-refractivity contribution in [1.82, 2.24) is 30.0 Å². The van der Waals surface area contributed by atoms with E-state index in [1.807, 2.05) is 35.2 Å². The van der Waals surface area contributed by atoms with E-state index >= 15 is 0 Å². The SMILES string of the molecule is Cl.O=C(Cc1coc(-c2ccccc2)n1)N1CCC(c2nnc3n2CCNC3)CC1. The third-order valence-electron chi connectivity index (χ3n) is 5.77. The molecule has 1 fully saturated rings. The van der Waals surface area contributed by atoms with Gasteiger partial charge in [-0.1, -0.05) is 18.2 Å². The van der Waals surface area contributed by atoms with E-state index in [1.54, 1.807) is 6.26 Å². The maximum atomic E-state index is 12.7. The summed E-state index contributed by atoms with van der Waals surface area (Å²) in [6.45, 7) is 4.15. The van der Waals surface area contributed by atoms with E-state index in [-0.39, 0.29) is 24.7 Å². The van der Waals surface area contributed by atoms with Gasteiger partial charge in [-0.3, -0.25) is 4.79 Å². The van der Waals surface area contributed by atoms with Gasteiger partial charge in [-0.25, -0.2) is 4.98 Å². The van der Waals surface area contributed by atoms with Crippen molar-refractivity contribution >= 4 is 18.3 Å². The lowest BCUT2D eigenvalue weighted by atomic mass is 9.95. The number of rotatable bonds is 4. The van der Waals surface area contributed by atoms with Gasteiger partial charge in [0.05, 0.1) is 18.7 Å². The molecule has 1 amide bonds. The smallest absolute Gasteiger partial charge is 0.228 e. The van der Waals surface area contributed by atoms with E-state index in [1.165, 1.54) is 0 Å². The predicted molar refractivity (Wildman–Crippen MR) is 113 cm³/mol. The molecule has 2 aliphatic rings. The van der Waals surface area contributed by atoms with Gasteiger partial charge in [0.2, 0.25) is 11.8 Å². The Morgan fingerprint density at radius 2 is 1.93 bits per heavy atom. The topological polar surface area (TPSA) is 89.1 Å². The predicted octanol–water partition coefficient (Wildman–Crippen LogP) is 2.41. The number of hydrogen-bond acceptors (Lipinski definition) is 6. The van der Waals surface area contributed by atoms with Crippen LogP contribution in [0.5, 0.6) is 0 Å². The summed E-state index contributed by atoms with van der Waals surface area (Å²) >= 11 is 0. The first kappa shape index (κ1) is 20.6. The monoisotopic (exact) mass is 428 g/mol. The quantitative estimate of drug-likeness (QED) is 0.686. The fourth-order valence-electron chi connectivity index (χ4n) is 4.17. The molecule has 0 saturated carbocycles. The zero-order chi connectivity index (χ0) is 19.6. The fraction of sp³-hybridized carbons (Fsp3) is 0.429. The number of hydrogen-bond donors (Lipinski definition) is 1. The standard InChI is InChI=1S/C21H24N6O2.ClH/c28-19(12-17-14-29-21(23-17)16-4-2-1-3-5-16)26-9-6-15(7-10-26)20-25-24-18-13-22-8-11-27(18)20;/h1-5,14-15,22H,6-13H2;1H. The number of carbonyl (C=O) groups is 1. The summed E-state index contributed by atoms with van der Waals surface area (Å²) in [7, 11) is 0. The van der Waals surface area contributed by atoms with Crippen LogP contribution < -0.4 is 5.32 Å². The van der Waals surface area contributed by atoms with Gasteiger partial charge in [-0.15, -0.1) is 22.6 Å². The molecule has 8 nitrogen and oxygen atoms in total. The van der Waals surface area contributed by atoms with Crippen LogP contribution in [0, 0.1) is 0 Å². The van der Waals surface area contributed by atoms with Gasteiger partial charge in [0.15, 0.2) is 0 Å². The molecule has 30 heavy (non-hydrogen) atoms. The number of piperidine rings is 1. The molecule has 1 aromatic carbocycles. The fourth-order valence-corrected chi connectivity index (χ4v) is 4.17. The molecule has 2 aromatic heterocycles. The van der Waals surface area contributed by atoms with Crippen molar-refractivity contribution in [3.63, 3.8) is 0 Å². The highest BCUT2D eigenvalue weighted by Crippen LogP contribution is 2.28. The molecule has 158 valence electrons. The Morgan fingerprint density at radius 3 is 2.73 bits per heavy atom. The molecule has 4 heterocycles. The number of aromatic nitrogens is 4. The molecule has 0 spiro atoms. The number of benzene rings is 1. The van der Waals surface area contributed by atoms with Crippen molar-refractivity contribution in [1.29, 1.82) is 0 Å². The van der Waals surface area contributed by atoms with E-state index < -0.39 is 0 Å². The third-order valence-corrected chi connectivity index (χ3v) is 5.77. The summed E-state index contributed by atoms with van der Waals surface area (Å²) in [6, 6.07) is 9.73. The average Bonchev–Trinajstić information content (AvgIpc) is 3.42. The summed E-state index contributed by atoms with van der Waals surface area (Å²) in [6.07, 6.45) is 3.70. The average molecular weight is 429 g/mol. The van der Waals surface area contributed by atoms with Gasteiger partial charge < -0.3 is 19.2 Å². The van der Waals surface area contributed by atoms with E-state index in [4.69, 9.17) is 4.42 Å². The number of nitrogens with zero attached hydrogens (tertiary/aromatic N) is 5. The third kappa shape index (κ3) is 4.11. The number of carbonyl (C=O) groups excluding carboxylic acids is 1. The van der Waals surface area contributed by atoms with E-state index in [0.717, 1.165) is 62.8 Å². The van der Waals surface area contributed by atoms with Gasteiger partial charge >= 0.3 is 0 Å². The molecule has 1 saturated heterocycles. The molecule has 3 aromatic rings. The van der Waals surface area contributed by atoms with Crippen LogP contribution in [0.1, 0.15) is 36.1 Å². The summed E-state index contributed by atoms with van der Waals surface area (Å²) in [5.41, 5.74) is 1.59. The van der Waals surface area contributed by atoms with Crippen LogP contribution in [0.25, 0.3) is 11.5 Å². The highest BCUT2D eigenvalue weighted by Gasteiger charge is 2.29. The van der Waals surface area contributed by atoms with Crippen LogP contribution >= 0.6 is 12.4 Å². The second-order valence-electron chi connectivity index (χ2n) is 7.64. The lowest BCUT2D eigenvalue weighted by Crippen LogP contribution is -2.39. The Labute approximate surface area is 181 Å². The second kappa shape index (κ2) is 8.97. The van der Waals surface area contributed by atoms with Crippen molar-refractivity contribution < 1.29 is 9.21 Å². The van der Waals surface area contributed by atoms with Crippen LogP contribution in [-0.4, -0.2) is 50.2 Å². The lowest BCUT2D eigenvalue weighted by molar-refractivity contribution is -0.131. The Bertz CT molecular complexity index is 994. The second-order valence-corrected chi connectivity index (χ2v) is 7.64. The van der Waals surface area contributed by atoms with Crippen LogP contribution in [0.4, 0.5) is 0 Å². The molecular formula is C21H25ClN6O2. The number of nitrogens with one attached hydrogen (secondary N) is 1. The largest absolute Gasteiger partial charge is 0.444 e. The van der Waals surface area contributed by atoms with Crippen LogP contribution in [0.15, 0.2) is 41.0 Å². The first-order valence-corrected chi connectivity index (χ1v) is 10.2. The lowest BCUT2D eigenvalue weighted by Gasteiger charge is -2.32. The number of amides is 1. The molecule has 1 N–H and O–H groups in total. The van der Waals surface area contributed by atoms with Gasteiger partial charge in [-0.2, -0.15) is 0 Å². The minimum atomic E-state index is 0. The molecule has 5 rings (SSSR count). The Hall–Kier alpha value is -2.71. The van der Waals surface area contributed by atoms with Gasteiger partial charge in [0.1, 0.15) is 17.9 Å². The van der Waals surface area contributed by atoms with E-state index in [2.05, 4.69) is 25.1 Å². The Balaban J connectivity index is 0.00000218. The maximum absolute atomic E-state index is 12.7. The number of halogens is 1. The zero-order valence-corrected chi connectivity index (χ0v) is 17.5. The molecule has 0 radical (unpaired) electrons. The van der Waals surface area contributed by atoms with Crippen molar-refractivity contribution in [2.45, 2.75) is 38.3 Å². The minimum Gasteiger partial charge on any atom is -0.444 e. The molecule has 0 unspecified atom stereocenters. The van der Waals surface area contributed by atoms with Crippen molar-refractivity contribution in [3.8, 4) is 11.5 Å². The van der Waals surface area contributed by atoms with Crippen LogP contribution in [0.3, 0.4) is 0 Å². The summed E-state index contributed by atoms with van der Waals surface area (Å²) < 4.78 is 7.80. The first-order chi connectivity index (χ1) is 14.3. The van der Waals surface area contributed by atoms with Crippen LogP contribution in [0.2, 0.25) is 0 Å². The first-order valence-electron chi connectivity index (χ1n) is 10.2. The normalized spacial score (nSPS) is 16.7. The summed E-state index contributed by atoms with van der Waals surface area (Å²) in [4.78, 5) is 19.2. The molecule has 0 bridgehead atoms. The molecule has 9 heteroatoms. The molecule has 2 aliphatic heterocycles. The van der Waals surface area contributed by atoms with Crippen molar-refractivity contribution in [3.05, 3.63) is 53.9 Å². The van der Waals surface area contributed by atoms with E-state index in [9.17, 15) is 4.79 Å². The highest BCUT2D eigenvalue weighted by molar-refractivity contribution is 5.85. The Morgan fingerprint density at radius 1 is 1.13 bits per heavy atom. The number of fused-ring (bicyclic) bond motifs is 1. The van der Waals surface area contributed by atoms with Gasteiger partial charge in [0, 0.05) is 37.7 Å². The molecule has 0 aliphatic carbocycles. The highest BCUT2D eigenvalue weighted by atomic mass is 35.5. The number of likely N-dealkylation sites (tertiary alicyclic amines) is 1. The maximum Gasteiger partial charge on any atom is 0.228 e. The minimum absolute atomic E-state index is 0. The van der Waals surface area contributed by atoms with Crippen molar-refractivity contribution in [2.24, 2.45) is 0 Å². The van der Waals surface area contributed by atoms with Crippen LogP contribution in [-0.2, 0) is 24.3 Å². The zero-order valence-electron chi connectivity index (χ0n) is 16.7. The Kier molecular flexibility index (Phi) is 6.15. The van der Waals surface area contributed by atoms with Gasteiger partial charge in [-0.05, 0) is 25.0 Å². The summed E-state index contributed by atoms with van der Waals surface area (Å²) in [5, 5.41) is 12.1. The van der Waals surface area contributed by atoms with E-state index in [0.29, 0.717) is 17.5 Å². The number of oxazole rings is 1. The van der Waals surface area contributed by atoms with Crippen molar-refractivity contribution in [2.75, 3.05) is 19.6 Å². The van der Waals surface area contributed by atoms with Gasteiger partial charge in [0.25, 0.3) is 0 Å². The molecular weight excluding hydrogens is 404 g/mol. The molecule has 0 atom stereocenters.